The van der Waals surface area contributed by atoms with Crippen LogP contribution in [0.3, 0.4) is 0 Å². The molecule has 1 aromatic heterocycles. The lowest BCUT2D eigenvalue weighted by Crippen LogP contribution is -2.42. The molecular formula is C27H37BN2O5. The molecule has 4 rings (SSSR count). The van der Waals surface area contributed by atoms with Gasteiger partial charge in [0.05, 0.1) is 22.5 Å². The summed E-state index contributed by atoms with van der Waals surface area (Å²) in [6.07, 6.45) is 2.75. The highest BCUT2D eigenvalue weighted by Crippen LogP contribution is 2.38. The highest BCUT2D eigenvalue weighted by Gasteiger charge is 2.52. The second kappa shape index (κ2) is 9.47. The fourth-order valence-corrected chi connectivity index (χ4v) is 5.02. The van der Waals surface area contributed by atoms with Crippen LogP contribution in [0.5, 0.6) is 0 Å². The number of ether oxygens (including phenoxy) is 1. The number of hydrogen-bond acceptors (Lipinski definition) is 5. The van der Waals surface area contributed by atoms with Crippen molar-refractivity contribution in [3.05, 3.63) is 46.8 Å². The lowest BCUT2D eigenvalue weighted by Gasteiger charge is -2.32. The quantitative estimate of drug-likeness (QED) is 0.442. The van der Waals surface area contributed by atoms with Crippen molar-refractivity contribution in [2.45, 2.75) is 92.1 Å². The van der Waals surface area contributed by atoms with Crippen molar-refractivity contribution in [2.24, 2.45) is 0 Å². The predicted octanol–water partition coefficient (Wildman–Crippen LogP) is 4.03. The molecule has 0 aliphatic carbocycles. The molecule has 3 heterocycles. The van der Waals surface area contributed by atoms with Gasteiger partial charge in [-0.25, -0.2) is 0 Å². The van der Waals surface area contributed by atoms with Crippen LogP contribution in [0.15, 0.2) is 24.3 Å². The molecule has 1 amide bonds. The van der Waals surface area contributed by atoms with Crippen LogP contribution in [0.2, 0.25) is 0 Å². The Morgan fingerprint density at radius 2 is 1.83 bits per heavy atom. The molecule has 188 valence electrons. The van der Waals surface area contributed by atoms with E-state index < -0.39 is 18.3 Å². The number of carbonyl (C=O) groups excluding carboxylic acids is 2. The van der Waals surface area contributed by atoms with Crippen molar-refractivity contribution in [1.82, 2.24) is 4.57 Å². The van der Waals surface area contributed by atoms with Crippen LogP contribution in [-0.4, -0.2) is 41.3 Å². The van der Waals surface area contributed by atoms with Crippen LogP contribution in [0.1, 0.15) is 82.2 Å². The first-order valence-electron chi connectivity index (χ1n) is 12.6. The van der Waals surface area contributed by atoms with E-state index in [9.17, 15) is 9.59 Å². The van der Waals surface area contributed by atoms with E-state index in [-0.39, 0.29) is 18.5 Å². The summed E-state index contributed by atoms with van der Waals surface area (Å²) in [6.45, 7) is 15.1. The van der Waals surface area contributed by atoms with Crippen LogP contribution in [-0.2, 0) is 44.8 Å². The van der Waals surface area contributed by atoms with Crippen LogP contribution in [0.25, 0.3) is 0 Å². The first-order chi connectivity index (χ1) is 16.5. The number of fused-ring (bicyclic) bond motifs is 1. The van der Waals surface area contributed by atoms with E-state index in [4.69, 9.17) is 14.0 Å². The molecule has 1 aromatic carbocycles. The van der Waals surface area contributed by atoms with Gasteiger partial charge in [0.2, 0.25) is 0 Å². The van der Waals surface area contributed by atoms with E-state index in [0.717, 1.165) is 53.8 Å². The van der Waals surface area contributed by atoms with Gasteiger partial charge in [0, 0.05) is 43.4 Å². The standard InChI is InChI=1S/C27H37BN2O5/c1-8-11-19-16-20-24(29(19)9-2)14-15-30(25(20)32)23-13-10-12-22(21(23)17-33-18(3)31)28-34-26(4,5)27(6,7)35-28/h10,12-13,16H,8-9,11,14-15,17H2,1-7H3. The van der Waals surface area contributed by atoms with E-state index in [1.807, 2.05) is 50.8 Å². The minimum Gasteiger partial charge on any atom is -0.461 e. The number of aromatic nitrogens is 1. The molecule has 0 spiro atoms. The molecule has 2 aromatic rings. The monoisotopic (exact) mass is 480 g/mol. The molecule has 0 atom stereocenters. The minimum atomic E-state index is -0.627. The number of anilines is 1. The Kier molecular flexibility index (Phi) is 6.90. The van der Waals surface area contributed by atoms with Crippen molar-refractivity contribution in [2.75, 3.05) is 11.4 Å². The average molecular weight is 480 g/mol. The Morgan fingerprint density at radius 1 is 1.14 bits per heavy atom. The van der Waals surface area contributed by atoms with E-state index in [1.54, 1.807) is 0 Å². The highest BCUT2D eigenvalue weighted by atomic mass is 16.7. The van der Waals surface area contributed by atoms with Crippen LogP contribution >= 0.6 is 0 Å². The SMILES string of the molecule is CCCc1cc2c(n1CC)CCN(c1cccc(B3OC(C)(C)C(C)(C)O3)c1COC(C)=O)C2=O. The number of amides is 1. The zero-order chi connectivity index (χ0) is 25.5. The number of esters is 1. The number of rotatable bonds is 7. The number of benzene rings is 1. The van der Waals surface area contributed by atoms with E-state index in [0.29, 0.717) is 6.54 Å². The molecule has 2 aliphatic rings. The average Bonchev–Trinajstić information content (AvgIpc) is 3.25. The molecular weight excluding hydrogens is 443 g/mol. The van der Waals surface area contributed by atoms with Gasteiger partial charge >= 0.3 is 13.1 Å². The summed E-state index contributed by atoms with van der Waals surface area (Å²) in [7, 11) is -0.627. The van der Waals surface area contributed by atoms with Gasteiger partial charge in [-0.15, -0.1) is 0 Å². The van der Waals surface area contributed by atoms with Gasteiger partial charge in [0.25, 0.3) is 5.91 Å². The Labute approximate surface area is 208 Å². The van der Waals surface area contributed by atoms with Gasteiger partial charge in [-0.05, 0) is 58.6 Å². The van der Waals surface area contributed by atoms with Crippen LogP contribution in [0.4, 0.5) is 5.69 Å². The largest absolute Gasteiger partial charge is 0.495 e. The van der Waals surface area contributed by atoms with Crippen molar-refractivity contribution < 1.29 is 23.6 Å². The molecule has 0 saturated carbocycles. The summed E-state index contributed by atoms with van der Waals surface area (Å²) in [5.74, 6) is -0.401. The summed E-state index contributed by atoms with van der Waals surface area (Å²) in [4.78, 5) is 27.3. The first kappa shape index (κ1) is 25.5. The van der Waals surface area contributed by atoms with Gasteiger partial charge in [-0.1, -0.05) is 25.5 Å². The maximum Gasteiger partial charge on any atom is 0.495 e. The Hall–Kier alpha value is -2.58. The normalized spacial score (nSPS) is 18.7. The fourth-order valence-electron chi connectivity index (χ4n) is 5.02. The smallest absolute Gasteiger partial charge is 0.461 e. The molecule has 1 fully saturated rings. The molecule has 0 unspecified atom stereocenters. The molecule has 35 heavy (non-hydrogen) atoms. The van der Waals surface area contributed by atoms with Gasteiger partial charge in [-0.2, -0.15) is 0 Å². The molecule has 0 N–H and O–H groups in total. The van der Waals surface area contributed by atoms with Crippen molar-refractivity contribution in [3.8, 4) is 0 Å². The molecule has 2 aliphatic heterocycles. The van der Waals surface area contributed by atoms with Crippen LogP contribution in [0, 0.1) is 0 Å². The Morgan fingerprint density at radius 3 is 2.43 bits per heavy atom. The maximum absolute atomic E-state index is 13.8. The number of nitrogens with zero attached hydrogens (tertiary/aromatic N) is 2. The summed E-state index contributed by atoms with van der Waals surface area (Å²) >= 11 is 0. The first-order valence-corrected chi connectivity index (χ1v) is 12.6. The second-order valence-corrected chi connectivity index (χ2v) is 10.4. The van der Waals surface area contributed by atoms with Crippen molar-refractivity contribution >= 4 is 30.1 Å². The highest BCUT2D eigenvalue weighted by molar-refractivity contribution is 6.62. The van der Waals surface area contributed by atoms with Gasteiger partial charge in [0.15, 0.2) is 0 Å². The summed E-state index contributed by atoms with van der Waals surface area (Å²) in [5.41, 5.74) is 4.31. The van der Waals surface area contributed by atoms with E-state index in [1.165, 1.54) is 12.6 Å². The third kappa shape index (κ3) is 4.54. The third-order valence-corrected chi connectivity index (χ3v) is 7.57. The third-order valence-electron chi connectivity index (χ3n) is 7.57. The molecule has 8 heteroatoms. The molecule has 1 saturated heterocycles. The molecule has 0 radical (unpaired) electrons. The van der Waals surface area contributed by atoms with Crippen molar-refractivity contribution in [3.63, 3.8) is 0 Å². The summed E-state index contributed by atoms with van der Waals surface area (Å²) in [5, 5.41) is 0. The summed E-state index contributed by atoms with van der Waals surface area (Å²) in [6, 6.07) is 7.81. The Balaban J connectivity index is 1.76. The van der Waals surface area contributed by atoms with E-state index in [2.05, 4.69) is 24.5 Å². The van der Waals surface area contributed by atoms with Gasteiger partial charge in [-0.3, -0.25) is 9.59 Å². The van der Waals surface area contributed by atoms with Crippen molar-refractivity contribution in [1.29, 1.82) is 0 Å². The summed E-state index contributed by atoms with van der Waals surface area (Å²) < 4.78 is 20.4. The zero-order valence-corrected chi connectivity index (χ0v) is 22.1. The fraction of sp³-hybridized carbons (Fsp3) is 0.556. The van der Waals surface area contributed by atoms with Gasteiger partial charge in [0.1, 0.15) is 6.61 Å². The molecule has 7 nitrogen and oxygen atoms in total. The van der Waals surface area contributed by atoms with E-state index >= 15 is 0 Å². The Bertz CT molecular complexity index is 1120. The lowest BCUT2D eigenvalue weighted by atomic mass is 9.75. The van der Waals surface area contributed by atoms with Gasteiger partial charge < -0.3 is 23.5 Å². The lowest BCUT2D eigenvalue weighted by molar-refractivity contribution is -0.142. The minimum absolute atomic E-state index is 0.0223. The van der Waals surface area contributed by atoms with Crippen LogP contribution < -0.4 is 10.4 Å². The zero-order valence-electron chi connectivity index (χ0n) is 22.1. The maximum atomic E-state index is 13.8. The number of hydrogen-bond donors (Lipinski definition) is 0. The molecule has 0 bridgehead atoms. The topological polar surface area (TPSA) is 70.0 Å². The number of aryl methyl sites for hydroxylation is 1. The number of carbonyl (C=O) groups is 2. The second-order valence-electron chi connectivity index (χ2n) is 10.4. The predicted molar refractivity (Wildman–Crippen MR) is 137 cm³/mol.